The Balaban J connectivity index is 1.81. The summed E-state index contributed by atoms with van der Waals surface area (Å²) < 4.78 is 0. The monoisotopic (exact) mass is 217 g/mol. The van der Waals surface area contributed by atoms with Crippen LogP contribution < -0.4 is 5.32 Å². The van der Waals surface area contributed by atoms with E-state index < -0.39 is 0 Å². The summed E-state index contributed by atoms with van der Waals surface area (Å²) in [5.74, 6) is 0.743. The fourth-order valence-corrected chi connectivity index (χ4v) is 2.11. The maximum atomic E-state index is 3.61. The Morgan fingerprint density at radius 3 is 2.75 bits per heavy atom. The number of nitrogens with one attached hydrogen (secondary N) is 1. The highest BCUT2D eigenvalue weighted by atomic mass is 14.9. The Morgan fingerprint density at radius 2 is 2.06 bits per heavy atom. The largest absolute Gasteiger partial charge is 0.314 e. The second kappa shape index (κ2) is 5.49. The molecule has 1 aliphatic carbocycles. The summed E-state index contributed by atoms with van der Waals surface area (Å²) in [4.78, 5) is 0. The number of aryl methyl sites for hydroxylation is 1. The van der Waals surface area contributed by atoms with E-state index in [-0.39, 0.29) is 0 Å². The third-order valence-electron chi connectivity index (χ3n) is 3.32. The summed E-state index contributed by atoms with van der Waals surface area (Å²) in [5.41, 5.74) is 2.95. The Bertz CT molecular complexity index is 328. The molecule has 88 valence electrons. The van der Waals surface area contributed by atoms with E-state index in [1.807, 2.05) is 0 Å². The summed E-state index contributed by atoms with van der Waals surface area (Å²) in [6.45, 7) is 5.73. The second-order valence-electron chi connectivity index (χ2n) is 5.17. The first-order chi connectivity index (χ1) is 7.78. The molecule has 1 fully saturated rings. The average molecular weight is 217 g/mol. The zero-order valence-corrected chi connectivity index (χ0v) is 10.5. The van der Waals surface area contributed by atoms with Crippen molar-refractivity contribution >= 4 is 0 Å². The van der Waals surface area contributed by atoms with Gasteiger partial charge in [-0.15, -0.1) is 0 Å². The molecule has 16 heavy (non-hydrogen) atoms. The van der Waals surface area contributed by atoms with Crippen LogP contribution >= 0.6 is 0 Å². The first kappa shape index (κ1) is 11.7. The van der Waals surface area contributed by atoms with E-state index in [9.17, 15) is 0 Å². The molecular formula is C15H23N. The predicted octanol–water partition coefficient (Wildman–Crippen LogP) is 3.18. The van der Waals surface area contributed by atoms with Gasteiger partial charge in [-0.3, -0.25) is 0 Å². The maximum absolute atomic E-state index is 3.61. The standard InChI is InChI=1S/C15H23N/c1-3-13-5-4-6-14(10-13)9-12(2)11-16-15-7-8-15/h4-6,10,12,15-16H,3,7-9,11H2,1-2H3. The Hall–Kier alpha value is -0.820. The van der Waals surface area contributed by atoms with Crippen LogP contribution in [0.4, 0.5) is 0 Å². The highest BCUT2D eigenvalue weighted by Gasteiger charge is 2.20. The molecule has 1 saturated carbocycles. The maximum Gasteiger partial charge on any atom is 0.00683 e. The molecule has 0 heterocycles. The summed E-state index contributed by atoms with van der Waals surface area (Å²) in [6.07, 6.45) is 5.12. The van der Waals surface area contributed by atoms with Crippen molar-refractivity contribution in [3.8, 4) is 0 Å². The fourth-order valence-electron chi connectivity index (χ4n) is 2.11. The van der Waals surface area contributed by atoms with Crippen molar-refractivity contribution in [2.24, 2.45) is 5.92 Å². The molecule has 1 N–H and O–H groups in total. The van der Waals surface area contributed by atoms with Crippen molar-refractivity contribution in [2.45, 2.75) is 45.6 Å². The molecule has 0 saturated heterocycles. The molecule has 0 bridgehead atoms. The van der Waals surface area contributed by atoms with Crippen molar-refractivity contribution in [3.63, 3.8) is 0 Å². The molecule has 2 rings (SSSR count). The van der Waals surface area contributed by atoms with Gasteiger partial charge in [0.25, 0.3) is 0 Å². The minimum Gasteiger partial charge on any atom is -0.314 e. The third-order valence-corrected chi connectivity index (χ3v) is 3.32. The number of hydrogen-bond donors (Lipinski definition) is 1. The van der Waals surface area contributed by atoms with E-state index in [0.717, 1.165) is 18.4 Å². The summed E-state index contributed by atoms with van der Waals surface area (Å²) in [7, 11) is 0. The minimum absolute atomic E-state index is 0.743. The number of benzene rings is 1. The van der Waals surface area contributed by atoms with E-state index in [0.29, 0.717) is 0 Å². The van der Waals surface area contributed by atoms with E-state index in [2.05, 4.69) is 43.4 Å². The molecule has 1 heteroatoms. The Labute approximate surface area is 99.3 Å². The molecule has 0 radical (unpaired) electrons. The molecule has 1 nitrogen and oxygen atoms in total. The van der Waals surface area contributed by atoms with Gasteiger partial charge in [-0.1, -0.05) is 38.1 Å². The molecule has 0 aromatic heterocycles. The molecule has 0 spiro atoms. The zero-order chi connectivity index (χ0) is 11.4. The van der Waals surface area contributed by atoms with Crippen LogP contribution in [-0.2, 0) is 12.8 Å². The second-order valence-corrected chi connectivity index (χ2v) is 5.17. The summed E-state index contributed by atoms with van der Waals surface area (Å²) in [5, 5.41) is 3.61. The SMILES string of the molecule is CCc1cccc(CC(C)CNC2CC2)c1. The first-order valence-corrected chi connectivity index (χ1v) is 6.59. The predicted molar refractivity (Wildman–Crippen MR) is 69.7 cm³/mol. The van der Waals surface area contributed by atoms with Crippen LogP contribution in [0.15, 0.2) is 24.3 Å². The van der Waals surface area contributed by atoms with Gasteiger partial charge in [0.2, 0.25) is 0 Å². The Morgan fingerprint density at radius 1 is 1.31 bits per heavy atom. The first-order valence-electron chi connectivity index (χ1n) is 6.59. The van der Waals surface area contributed by atoms with Gasteiger partial charge >= 0.3 is 0 Å². The molecule has 1 aliphatic rings. The lowest BCUT2D eigenvalue weighted by atomic mass is 9.99. The summed E-state index contributed by atoms with van der Waals surface area (Å²) >= 11 is 0. The summed E-state index contributed by atoms with van der Waals surface area (Å²) in [6, 6.07) is 9.86. The van der Waals surface area contributed by atoms with Gasteiger partial charge in [-0.05, 0) is 49.3 Å². The zero-order valence-electron chi connectivity index (χ0n) is 10.5. The van der Waals surface area contributed by atoms with E-state index >= 15 is 0 Å². The number of hydrogen-bond acceptors (Lipinski definition) is 1. The molecule has 1 aromatic rings. The highest BCUT2D eigenvalue weighted by Crippen LogP contribution is 2.19. The molecule has 1 aromatic carbocycles. The van der Waals surface area contributed by atoms with Gasteiger partial charge in [-0.2, -0.15) is 0 Å². The van der Waals surface area contributed by atoms with Gasteiger partial charge in [0.1, 0.15) is 0 Å². The Kier molecular flexibility index (Phi) is 4.00. The van der Waals surface area contributed by atoms with E-state index in [4.69, 9.17) is 0 Å². The van der Waals surface area contributed by atoms with E-state index in [1.165, 1.54) is 36.9 Å². The minimum atomic E-state index is 0.743. The lowest BCUT2D eigenvalue weighted by Crippen LogP contribution is -2.24. The highest BCUT2D eigenvalue weighted by molar-refractivity contribution is 5.23. The van der Waals surface area contributed by atoms with E-state index in [1.54, 1.807) is 0 Å². The van der Waals surface area contributed by atoms with Gasteiger partial charge in [0.05, 0.1) is 0 Å². The van der Waals surface area contributed by atoms with Crippen LogP contribution in [0.5, 0.6) is 0 Å². The van der Waals surface area contributed by atoms with Crippen LogP contribution in [0, 0.1) is 5.92 Å². The normalized spacial score (nSPS) is 17.4. The molecule has 0 aliphatic heterocycles. The van der Waals surface area contributed by atoms with Crippen LogP contribution in [0.3, 0.4) is 0 Å². The van der Waals surface area contributed by atoms with Crippen molar-refractivity contribution in [3.05, 3.63) is 35.4 Å². The third kappa shape index (κ3) is 3.64. The van der Waals surface area contributed by atoms with Crippen LogP contribution in [-0.4, -0.2) is 12.6 Å². The lowest BCUT2D eigenvalue weighted by Gasteiger charge is -2.12. The lowest BCUT2D eigenvalue weighted by molar-refractivity contribution is 0.509. The molecule has 1 atom stereocenters. The van der Waals surface area contributed by atoms with Gasteiger partial charge in [-0.25, -0.2) is 0 Å². The van der Waals surface area contributed by atoms with Gasteiger partial charge in [0.15, 0.2) is 0 Å². The van der Waals surface area contributed by atoms with Crippen LogP contribution in [0.25, 0.3) is 0 Å². The molecule has 0 amide bonds. The van der Waals surface area contributed by atoms with Crippen LogP contribution in [0.1, 0.15) is 37.8 Å². The number of rotatable bonds is 6. The van der Waals surface area contributed by atoms with Gasteiger partial charge in [0, 0.05) is 6.04 Å². The van der Waals surface area contributed by atoms with Crippen LogP contribution in [0.2, 0.25) is 0 Å². The topological polar surface area (TPSA) is 12.0 Å². The molecule has 1 unspecified atom stereocenters. The van der Waals surface area contributed by atoms with Crippen molar-refractivity contribution in [1.82, 2.24) is 5.32 Å². The van der Waals surface area contributed by atoms with Crippen molar-refractivity contribution < 1.29 is 0 Å². The van der Waals surface area contributed by atoms with Crippen molar-refractivity contribution in [1.29, 1.82) is 0 Å². The quantitative estimate of drug-likeness (QED) is 0.771. The molecular weight excluding hydrogens is 194 g/mol. The average Bonchev–Trinajstić information content (AvgIpc) is 3.10. The smallest absolute Gasteiger partial charge is 0.00683 e. The van der Waals surface area contributed by atoms with Crippen molar-refractivity contribution in [2.75, 3.05) is 6.54 Å². The fraction of sp³-hybridized carbons (Fsp3) is 0.600. The van der Waals surface area contributed by atoms with Gasteiger partial charge < -0.3 is 5.32 Å².